The average molecular weight is 468 g/mol. The summed E-state index contributed by atoms with van der Waals surface area (Å²) in [6, 6.07) is 26.4. The molecule has 0 aromatic heterocycles. The number of piperidine rings is 1. The lowest BCUT2D eigenvalue weighted by atomic mass is 9.87. The summed E-state index contributed by atoms with van der Waals surface area (Å²) in [7, 11) is 0. The third-order valence-electron chi connectivity index (χ3n) is 7.60. The number of hydrogen-bond donors (Lipinski definition) is 1. The number of carbonyl (C=O) groups excluding carboxylic acids is 1. The fourth-order valence-electron chi connectivity index (χ4n) is 5.76. The molecule has 1 N–H and O–H groups in total. The van der Waals surface area contributed by atoms with Crippen molar-refractivity contribution in [1.29, 1.82) is 0 Å². The predicted molar refractivity (Wildman–Crippen MR) is 146 cm³/mol. The van der Waals surface area contributed by atoms with Gasteiger partial charge in [-0.05, 0) is 85.3 Å². The summed E-state index contributed by atoms with van der Waals surface area (Å²) in [6.07, 6.45) is 5.85. The zero-order valence-corrected chi connectivity index (χ0v) is 21.0. The SMILES string of the molecule is CC[C@@H]1C[C@H](Nc2ccccc2)c2cc(-c3ccc(CN4CCCCC4)cc3)ccc2N1C(C)=O. The van der Waals surface area contributed by atoms with E-state index in [4.69, 9.17) is 0 Å². The molecule has 2 aliphatic heterocycles. The molecule has 35 heavy (non-hydrogen) atoms. The van der Waals surface area contributed by atoms with Crippen LogP contribution in [0.25, 0.3) is 11.1 Å². The standard InChI is InChI=1S/C31H37N3O/c1-3-28-21-30(32-27-10-6-4-7-11-27)29-20-26(16-17-31(29)34(28)23(2)35)25-14-12-24(13-15-25)22-33-18-8-5-9-19-33/h4,6-7,10-17,20,28,30,32H,3,5,8-9,18-19,21-22H2,1-2H3/t28-,30+/m1/s1. The molecule has 0 unspecified atom stereocenters. The predicted octanol–water partition coefficient (Wildman–Crippen LogP) is 7.03. The van der Waals surface area contributed by atoms with Gasteiger partial charge in [-0.15, -0.1) is 0 Å². The van der Waals surface area contributed by atoms with Crippen LogP contribution in [0.2, 0.25) is 0 Å². The van der Waals surface area contributed by atoms with E-state index < -0.39 is 0 Å². The molecular weight excluding hydrogens is 430 g/mol. The Morgan fingerprint density at radius 3 is 2.31 bits per heavy atom. The second-order valence-electron chi connectivity index (χ2n) is 10.1. The van der Waals surface area contributed by atoms with Crippen LogP contribution >= 0.6 is 0 Å². The maximum Gasteiger partial charge on any atom is 0.224 e. The van der Waals surface area contributed by atoms with Crippen molar-refractivity contribution in [3.05, 3.63) is 83.9 Å². The smallest absolute Gasteiger partial charge is 0.224 e. The summed E-state index contributed by atoms with van der Waals surface area (Å²) in [5, 5.41) is 3.75. The van der Waals surface area contributed by atoms with Gasteiger partial charge >= 0.3 is 0 Å². The van der Waals surface area contributed by atoms with Gasteiger partial charge in [0.2, 0.25) is 5.91 Å². The third-order valence-corrected chi connectivity index (χ3v) is 7.60. The van der Waals surface area contributed by atoms with Crippen LogP contribution in [0.5, 0.6) is 0 Å². The van der Waals surface area contributed by atoms with Gasteiger partial charge in [0, 0.05) is 30.9 Å². The van der Waals surface area contributed by atoms with Crippen molar-refractivity contribution in [2.24, 2.45) is 0 Å². The Balaban J connectivity index is 1.44. The topological polar surface area (TPSA) is 35.6 Å². The van der Waals surface area contributed by atoms with E-state index in [-0.39, 0.29) is 18.0 Å². The van der Waals surface area contributed by atoms with Crippen LogP contribution < -0.4 is 10.2 Å². The number of nitrogens with one attached hydrogen (secondary N) is 1. The first kappa shape index (κ1) is 23.6. The van der Waals surface area contributed by atoms with E-state index in [1.165, 1.54) is 54.6 Å². The first-order valence-electron chi connectivity index (χ1n) is 13.2. The van der Waals surface area contributed by atoms with Crippen molar-refractivity contribution in [3.63, 3.8) is 0 Å². The highest BCUT2D eigenvalue weighted by Crippen LogP contribution is 2.42. The Morgan fingerprint density at radius 1 is 0.914 bits per heavy atom. The number of nitrogens with zero attached hydrogens (tertiary/aromatic N) is 2. The molecule has 0 spiro atoms. The Morgan fingerprint density at radius 2 is 1.63 bits per heavy atom. The van der Waals surface area contributed by atoms with Gasteiger partial charge in [0.1, 0.15) is 0 Å². The molecule has 182 valence electrons. The number of para-hydroxylation sites is 1. The number of hydrogen-bond acceptors (Lipinski definition) is 3. The highest BCUT2D eigenvalue weighted by molar-refractivity contribution is 5.94. The summed E-state index contributed by atoms with van der Waals surface area (Å²) in [5.41, 5.74) is 7.15. The molecule has 2 aliphatic rings. The summed E-state index contributed by atoms with van der Waals surface area (Å²) in [5.74, 6) is 0.117. The largest absolute Gasteiger partial charge is 0.378 e. The lowest BCUT2D eigenvalue weighted by Gasteiger charge is -2.41. The number of carbonyl (C=O) groups is 1. The van der Waals surface area contributed by atoms with E-state index in [0.29, 0.717) is 0 Å². The molecule has 1 fully saturated rings. The van der Waals surface area contributed by atoms with Crippen molar-refractivity contribution < 1.29 is 4.79 Å². The molecule has 0 radical (unpaired) electrons. The van der Waals surface area contributed by atoms with Crippen molar-refractivity contribution in [2.45, 2.75) is 64.6 Å². The summed E-state index contributed by atoms with van der Waals surface area (Å²) < 4.78 is 0. The summed E-state index contributed by atoms with van der Waals surface area (Å²) in [6.45, 7) is 7.33. The molecule has 2 atom stereocenters. The fraction of sp³-hybridized carbons (Fsp3) is 0.387. The first-order chi connectivity index (χ1) is 17.1. The second-order valence-corrected chi connectivity index (χ2v) is 10.1. The van der Waals surface area contributed by atoms with Crippen LogP contribution in [-0.4, -0.2) is 29.9 Å². The van der Waals surface area contributed by atoms with Crippen LogP contribution in [0.4, 0.5) is 11.4 Å². The number of rotatable bonds is 6. The van der Waals surface area contributed by atoms with Crippen molar-refractivity contribution in [3.8, 4) is 11.1 Å². The van der Waals surface area contributed by atoms with Gasteiger partial charge in [-0.1, -0.05) is 61.9 Å². The highest BCUT2D eigenvalue weighted by atomic mass is 16.2. The van der Waals surface area contributed by atoms with Crippen LogP contribution in [0.1, 0.15) is 63.1 Å². The molecule has 1 saturated heterocycles. The number of anilines is 2. The second kappa shape index (κ2) is 10.7. The molecular formula is C31H37N3O. The molecule has 4 heteroatoms. The van der Waals surface area contributed by atoms with E-state index in [0.717, 1.165) is 30.8 Å². The lowest BCUT2D eigenvalue weighted by Crippen LogP contribution is -2.44. The monoisotopic (exact) mass is 467 g/mol. The minimum Gasteiger partial charge on any atom is -0.378 e. The van der Waals surface area contributed by atoms with Gasteiger partial charge in [-0.25, -0.2) is 0 Å². The minimum atomic E-state index is 0.117. The van der Waals surface area contributed by atoms with E-state index in [9.17, 15) is 4.79 Å². The summed E-state index contributed by atoms with van der Waals surface area (Å²) >= 11 is 0. The molecule has 3 aromatic carbocycles. The molecule has 0 bridgehead atoms. The number of fused-ring (bicyclic) bond motifs is 1. The Bertz CT molecular complexity index is 1140. The third kappa shape index (κ3) is 5.28. The molecule has 1 amide bonds. The molecule has 3 aromatic rings. The van der Waals surface area contributed by atoms with Crippen molar-refractivity contribution in [1.82, 2.24) is 4.90 Å². The quantitative estimate of drug-likeness (QED) is 0.423. The first-order valence-corrected chi connectivity index (χ1v) is 13.2. The van der Waals surface area contributed by atoms with Crippen LogP contribution in [0, 0.1) is 0 Å². The van der Waals surface area contributed by atoms with E-state index in [1.807, 2.05) is 11.0 Å². The van der Waals surface area contributed by atoms with Crippen molar-refractivity contribution in [2.75, 3.05) is 23.3 Å². The molecule has 0 saturated carbocycles. The average Bonchev–Trinajstić information content (AvgIpc) is 2.89. The highest BCUT2D eigenvalue weighted by Gasteiger charge is 2.34. The van der Waals surface area contributed by atoms with Gasteiger partial charge in [0.15, 0.2) is 0 Å². The minimum absolute atomic E-state index is 0.117. The van der Waals surface area contributed by atoms with Crippen LogP contribution in [0.15, 0.2) is 72.8 Å². The Labute approximate surface area is 210 Å². The number of likely N-dealkylation sites (tertiary alicyclic amines) is 1. The molecule has 4 nitrogen and oxygen atoms in total. The van der Waals surface area contributed by atoms with E-state index in [1.54, 1.807) is 6.92 Å². The Hall–Kier alpha value is -3.11. The van der Waals surface area contributed by atoms with E-state index >= 15 is 0 Å². The zero-order valence-electron chi connectivity index (χ0n) is 21.0. The molecule has 0 aliphatic carbocycles. The van der Waals surface area contributed by atoms with Crippen LogP contribution in [0.3, 0.4) is 0 Å². The van der Waals surface area contributed by atoms with Gasteiger partial charge in [-0.3, -0.25) is 9.69 Å². The lowest BCUT2D eigenvalue weighted by molar-refractivity contribution is -0.117. The normalized spacial score (nSPS) is 20.3. The van der Waals surface area contributed by atoms with Gasteiger partial charge in [0.05, 0.1) is 6.04 Å². The van der Waals surface area contributed by atoms with Gasteiger partial charge in [0.25, 0.3) is 0 Å². The van der Waals surface area contributed by atoms with Crippen LogP contribution in [-0.2, 0) is 11.3 Å². The Kier molecular flexibility index (Phi) is 7.19. The van der Waals surface area contributed by atoms with Gasteiger partial charge in [-0.2, -0.15) is 0 Å². The zero-order chi connectivity index (χ0) is 24.2. The molecule has 5 rings (SSSR count). The van der Waals surface area contributed by atoms with Crippen molar-refractivity contribution >= 4 is 17.3 Å². The fourth-order valence-corrected chi connectivity index (χ4v) is 5.76. The number of amides is 1. The maximum absolute atomic E-state index is 12.7. The number of benzene rings is 3. The maximum atomic E-state index is 12.7. The van der Waals surface area contributed by atoms with Gasteiger partial charge < -0.3 is 10.2 Å². The molecule has 2 heterocycles. The summed E-state index contributed by atoms with van der Waals surface area (Å²) in [4.78, 5) is 17.2. The van der Waals surface area contributed by atoms with E-state index in [2.05, 4.69) is 83.9 Å².